The Labute approximate surface area is 169 Å². The van der Waals surface area contributed by atoms with Crippen LogP contribution in [0.25, 0.3) is 11.2 Å². The Bertz CT molecular complexity index is 1050. The van der Waals surface area contributed by atoms with Crippen LogP contribution >= 0.6 is 23.1 Å². The third-order valence-corrected chi connectivity index (χ3v) is 6.95. The number of amides is 1. The predicted molar refractivity (Wildman–Crippen MR) is 108 cm³/mol. The van der Waals surface area contributed by atoms with Crippen molar-refractivity contribution in [3.8, 4) is 0 Å². The first-order valence-electron chi connectivity index (χ1n) is 8.93. The number of anilines is 1. The van der Waals surface area contributed by atoms with E-state index in [1.54, 1.807) is 13.3 Å². The van der Waals surface area contributed by atoms with E-state index in [4.69, 9.17) is 4.74 Å². The number of carbonyl (C=O) groups excluding carboxylic acids is 2. The second-order valence-corrected chi connectivity index (χ2v) is 8.87. The molecule has 0 aromatic carbocycles. The first-order valence-corrected chi connectivity index (χ1v) is 10.6. The molecule has 1 aliphatic carbocycles. The van der Waals surface area contributed by atoms with Crippen molar-refractivity contribution < 1.29 is 14.3 Å². The maximum absolute atomic E-state index is 12.8. The molecule has 0 spiro atoms. The summed E-state index contributed by atoms with van der Waals surface area (Å²) >= 11 is 2.79. The highest BCUT2D eigenvalue weighted by Crippen LogP contribution is 2.39. The summed E-state index contributed by atoms with van der Waals surface area (Å²) in [7, 11) is 1.37. The highest BCUT2D eigenvalue weighted by atomic mass is 32.2. The van der Waals surface area contributed by atoms with E-state index in [1.165, 1.54) is 36.5 Å². The standard InChI is InChI=1S/C18H19N5O3S2/c1-9(27-17-13-14(20-7-19-13)21-8-22-17)15(24)23-16-12(18(25)26-2)10-5-3-4-6-11(10)28-16/h7-9H,3-6H2,1-2H3,(H,23,24)(H,19,20,21,22)/t9-/m1/s1. The van der Waals surface area contributed by atoms with E-state index in [0.29, 0.717) is 26.8 Å². The van der Waals surface area contributed by atoms with Gasteiger partial charge < -0.3 is 15.0 Å². The zero-order chi connectivity index (χ0) is 19.7. The Hall–Kier alpha value is -2.46. The molecule has 0 saturated carbocycles. The van der Waals surface area contributed by atoms with Gasteiger partial charge in [0, 0.05) is 4.88 Å². The largest absolute Gasteiger partial charge is 0.465 e. The molecule has 0 fully saturated rings. The van der Waals surface area contributed by atoms with Crippen LogP contribution in [0.4, 0.5) is 5.00 Å². The maximum atomic E-state index is 12.8. The molecule has 8 nitrogen and oxygen atoms in total. The van der Waals surface area contributed by atoms with Gasteiger partial charge in [0.25, 0.3) is 0 Å². The first kappa shape index (κ1) is 18.9. The van der Waals surface area contributed by atoms with E-state index in [2.05, 4.69) is 25.3 Å². The number of rotatable bonds is 5. The molecule has 1 amide bonds. The van der Waals surface area contributed by atoms with Crippen LogP contribution < -0.4 is 5.32 Å². The van der Waals surface area contributed by atoms with Gasteiger partial charge in [0.15, 0.2) is 5.65 Å². The number of hydrogen-bond donors (Lipinski definition) is 2. The van der Waals surface area contributed by atoms with Crippen LogP contribution in [0.3, 0.4) is 0 Å². The topological polar surface area (TPSA) is 110 Å². The van der Waals surface area contributed by atoms with E-state index in [9.17, 15) is 9.59 Å². The second-order valence-electron chi connectivity index (χ2n) is 6.44. The highest BCUT2D eigenvalue weighted by Gasteiger charge is 2.28. The fraction of sp³-hybridized carbons (Fsp3) is 0.389. The quantitative estimate of drug-likeness (QED) is 0.373. The number of esters is 1. The number of ether oxygens (including phenoxy) is 1. The third kappa shape index (κ3) is 3.49. The second kappa shape index (κ2) is 7.88. The summed E-state index contributed by atoms with van der Waals surface area (Å²) in [6, 6.07) is 0. The number of aromatic nitrogens is 4. The summed E-state index contributed by atoms with van der Waals surface area (Å²) in [6.45, 7) is 1.80. The lowest BCUT2D eigenvalue weighted by molar-refractivity contribution is -0.115. The van der Waals surface area contributed by atoms with Gasteiger partial charge >= 0.3 is 5.97 Å². The molecule has 1 atom stereocenters. The monoisotopic (exact) mass is 417 g/mol. The Balaban J connectivity index is 1.55. The number of aryl methyl sites for hydroxylation is 1. The lowest BCUT2D eigenvalue weighted by Crippen LogP contribution is -2.23. The van der Waals surface area contributed by atoms with Crippen LogP contribution in [0.1, 0.15) is 40.6 Å². The number of aromatic amines is 1. The molecule has 3 heterocycles. The molecule has 10 heteroatoms. The van der Waals surface area contributed by atoms with Crippen LogP contribution in [0, 0.1) is 0 Å². The number of H-pyrrole nitrogens is 1. The lowest BCUT2D eigenvalue weighted by Gasteiger charge is -2.13. The number of fused-ring (bicyclic) bond motifs is 2. The van der Waals surface area contributed by atoms with Crippen molar-refractivity contribution in [2.24, 2.45) is 0 Å². The van der Waals surface area contributed by atoms with Gasteiger partial charge in [-0.15, -0.1) is 11.3 Å². The molecule has 0 radical (unpaired) electrons. The predicted octanol–water partition coefficient (Wildman–Crippen LogP) is 3.20. The number of methoxy groups -OCH3 is 1. The average Bonchev–Trinajstić information content (AvgIpc) is 3.32. The van der Waals surface area contributed by atoms with Crippen molar-refractivity contribution in [1.82, 2.24) is 19.9 Å². The fourth-order valence-corrected chi connectivity index (χ4v) is 5.40. The summed E-state index contributed by atoms with van der Waals surface area (Å²) in [5.41, 5.74) is 2.79. The number of nitrogens with zero attached hydrogens (tertiary/aromatic N) is 3. The zero-order valence-electron chi connectivity index (χ0n) is 15.4. The number of hydrogen-bond acceptors (Lipinski definition) is 8. The molecular formula is C18H19N5O3S2. The molecule has 0 saturated heterocycles. The Kier molecular flexibility index (Phi) is 5.31. The molecule has 1 aliphatic rings. The van der Waals surface area contributed by atoms with E-state index in [0.717, 1.165) is 36.1 Å². The first-order chi connectivity index (χ1) is 13.6. The van der Waals surface area contributed by atoms with E-state index in [1.807, 2.05) is 0 Å². The van der Waals surface area contributed by atoms with E-state index in [-0.39, 0.29) is 5.91 Å². The number of thiophene rings is 1. The van der Waals surface area contributed by atoms with Gasteiger partial charge in [-0.05, 0) is 38.2 Å². The maximum Gasteiger partial charge on any atom is 0.341 e. The van der Waals surface area contributed by atoms with Crippen LogP contribution in [-0.4, -0.2) is 44.2 Å². The summed E-state index contributed by atoms with van der Waals surface area (Å²) in [5.74, 6) is -0.593. The molecule has 0 bridgehead atoms. The summed E-state index contributed by atoms with van der Waals surface area (Å²) in [5, 5.41) is 3.74. The molecule has 28 heavy (non-hydrogen) atoms. The van der Waals surface area contributed by atoms with Gasteiger partial charge in [-0.1, -0.05) is 11.8 Å². The van der Waals surface area contributed by atoms with Crippen molar-refractivity contribution >= 4 is 51.1 Å². The van der Waals surface area contributed by atoms with Crippen molar-refractivity contribution in [2.75, 3.05) is 12.4 Å². The highest BCUT2D eigenvalue weighted by molar-refractivity contribution is 8.00. The van der Waals surface area contributed by atoms with Crippen LogP contribution in [0.2, 0.25) is 0 Å². The average molecular weight is 418 g/mol. The number of carbonyl (C=O) groups is 2. The lowest BCUT2D eigenvalue weighted by atomic mass is 9.95. The van der Waals surface area contributed by atoms with E-state index < -0.39 is 11.2 Å². The summed E-state index contributed by atoms with van der Waals surface area (Å²) in [4.78, 5) is 41.7. The van der Waals surface area contributed by atoms with Crippen molar-refractivity contribution in [2.45, 2.75) is 42.9 Å². The van der Waals surface area contributed by atoms with Crippen LogP contribution in [0.15, 0.2) is 17.7 Å². The minimum Gasteiger partial charge on any atom is -0.465 e. The minimum atomic E-state index is -0.425. The SMILES string of the molecule is COC(=O)c1c(NC(=O)[C@@H](C)Sc2ncnc3nc[nH]c23)sc2c1CCCC2. The number of thioether (sulfide) groups is 1. The van der Waals surface area contributed by atoms with Gasteiger partial charge in [0.2, 0.25) is 5.91 Å². The minimum absolute atomic E-state index is 0.194. The zero-order valence-corrected chi connectivity index (χ0v) is 17.1. The molecule has 3 aromatic rings. The fourth-order valence-electron chi connectivity index (χ4n) is 3.24. The Morgan fingerprint density at radius 2 is 2.11 bits per heavy atom. The molecule has 4 rings (SSSR count). The van der Waals surface area contributed by atoms with Gasteiger partial charge in [-0.3, -0.25) is 4.79 Å². The molecular weight excluding hydrogens is 398 g/mol. The van der Waals surface area contributed by atoms with Crippen molar-refractivity contribution in [3.05, 3.63) is 28.7 Å². The normalized spacial score (nSPS) is 14.5. The number of nitrogens with one attached hydrogen (secondary N) is 2. The summed E-state index contributed by atoms with van der Waals surface area (Å²) < 4.78 is 4.96. The molecule has 0 unspecified atom stereocenters. The van der Waals surface area contributed by atoms with Crippen molar-refractivity contribution in [1.29, 1.82) is 0 Å². The van der Waals surface area contributed by atoms with Gasteiger partial charge in [-0.25, -0.2) is 19.7 Å². The Morgan fingerprint density at radius 3 is 2.93 bits per heavy atom. The van der Waals surface area contributed by atoms with Gasteiger partial charge in [0.05, 0.1) is 24.3 Å². The summed E-state index contributed by atoms with van der Waals surface area (Å²) in [6.07, 6.45) is 6.90. The Morgan fingerprint density at radius 1 is 1.29 bits per heavy atom. The molecule has 0 aliphatic heterocycles. The van der Waals surface area contributed by atoms with Gasteiger partial charge in [0.1, 0.15) is 21.9 Å². The van der Waals surface area contributed by atoms with Gasteiger partial charge in [-0.2, -0.15) is 0 Å². The molecule has 3 aromatic heterocycles. The third-order valence-electron chi connectivity index (χ3n) is 4.64. The molecule has 2 N–H and O–H groups in total. The molecule has 146 valence electrons. The van der Waals surface area contributed by atoms with Crippen molar-refractivity contribution in [3.63, 3.8) is 0 Å². The van der Waals surface area contributed by atoms with E-state index >= 15 is 0 Å². The van der Waals surface area contributed by atoms with Crippen LogP contribution in [-0.2, 0) is 22.4 Å². The van der Waals surface area contributed by atoms with Crippen LogP contribution in [0.5, 0.6) is 0 Å². The number of imidazole rings is 1. The smallest absolute Gasteiger partial charge is 0.341 e.